The summed E-state index contributed by atoms with van der Waals surface area (Å²) in [7, 11) is 1.84. The minimum absolute atomic E-state index is 0.529. The van der Waals surface area contributed by atoms with E-state index in [1.807, 2.05) is 7.05 Å². The minimum Gasteiger partial charge on any atom is -0.381 e. The highest BCUT2D eigenvalue weighted by molar-refractivity contribution is 5.79. The van der Waals surface area contributed by atoms with Gasteiger partial charge in [-0.2, -0.15) is 0 Å². The van der Waals surface area contributed by atoms with E-state index in [2.05, 4.69) is 29.5 Å². The van der Waals surface area contributed by atoms with E-state index < -0.39 is 0 Å². The SMILES string of the molecule is CCCCOCCCNC(=NC)NCC1(CC)CCC1. The Labute approximate surface area is 124 Å². The standard InChI is InChI=1S/C16H33N3O/c1-4-6-12-20-13-8-11-18-15(17-3)19-14-16(5-2)9-7-10-16/h4-14H2,1-3H3,(H2,17,18,19). The summed E-state index contributed by atoms with van der Waals surface area (Å²) in [5, 5.41) is 6.84. The van der Waals surface area contributed by atoms with Crippen LogP contribution in [0.4, 0.5) is 0 Å². The molecule has 0 aliphatic heterocycles. The third kappa shape index (κ3) is 6.12. The molecule has 0 amide bonds. The quantitative estimate of drug-likeness (QED) is 0.368. The Morgan fingerprint density at radius 1 is 1.15 bits per heavy atom. The molecule has 0 aromatic heterocycles. The average molecular weight is 283 g/mol. The van der Waals surface area contributed by atoms with E-state index in [9.17, 15) is 0 Å². The normalized spacial score (nSPS) is 17.6. The van der Waals surface area contributed by atoms with E-state index in [0.717, 1.165) is 45.1 Å². The highest BCUT2D eigenvalue weighted by Gasteiger charge is 2.34. The lowest BCUT2D eigenvalue weighted by molar-refractivity contribution is 0.128. The molecule has 0 heterocycles. The number of unbranched alkanes of at least 4 members (excludes halogenated alkanes) is 1. The molecule has 0 bridgehead atoms. The van der Waals surface area contributed by atoms with Crippen molar-refractivity contribution in [2.24, 2.45) is 10.4 Å². The van der Waals surface area contributed by atoms with Gasteiger partial charge in [0.25, 0.3) is 0 Å². The Morgan fingerprint density at radius 3 is 2.45 bits per heavy atom. The van der Waals surface area contributed by atoms with Crippen LogP contribution in [0, 0.1) is 5.41 Å². The molecule has 4 heteroatoms. The third-order valence-corrected chi connectivity index (χ3v) is 4.42. The first-order valence-electron chi connectivity index (χ1n) is 8.28. The van der Waals surface area contributed by atoms with Gasteiger partial charge in [0.15, 0.2) is 5.96 Å². The van der Waals surface area contributed by atoms with Gasteiger partial charge in [0.05, 0.1) is 0 Å². The minimum atomic E-state index is 0.529. The molecule has 4 nitrogen and oxygen atoms in total. The Morgan fingerprint density at radius 2 is 1.90 bits per heavy atom. The second-order valence-electron chi connectivity index (χ2n) is 5.88. The predicted octanol–water partition coefficient (Wildman–Crippen LogP) is 2.94. The predicted molar refractivity (Wildman–Crippen MR) is 86.3 cm³/mol. The van der Waals surface area contributed by atoms with Crippen LogP contribution in [-0.4, -0.2) is 39.3 Å². The zero-order valence-electron chi connectivity index (χ0n) is 13.6. The van der Waals surface area contributed by atoms with Gasteiger partial charge in [0.2, 0.25) is 0 Å². The van der Waals surface area contributed by atoms with Gasteiger partial charge in [-0.15, -0.1) is 0 Å². The van der Waals surface area contributed by atoms with Gasteiger partial charge in [-0.05, 0) is 37.5 Å². The maximum Gasteiger partial charge on any atom is 0.190 e. The molecule has 1 aliphatic rings. The van der Waals surface area contributed by atoms with Gasteiger partial charge < -0.3 is 15.4 Å². The maximum absolute atomic E-state index is 5.55. The maximum atomic E-state index is 5.55. The van der Waals surface area contributed by atoms with Gasteiger partial charge in [0.1, 0.15) is 0 Å². The van der Waals surface area contributed by atoms with Crippen molar-refractivity contribution >= 4 is 5.96 Å². The van der Waals surface area contributed by atoms with E-state index in [-0.39, 0.29) is 0 Å². The Balaban J connectivity index is 2.05. The Hall–Kier alpha value is -0.770. The molecule has 0 saturated heterocycles. The summed E-state index contributed by atoms with van der Waals surface area (Å²) in [6.45, 7) is 8.18. The first kappa shape index (κ1) is 17.3. The number of ether oxygens (including phenoxy) is 1. The van der Waals surface area contributed by atoms with Gasteiger partial charge >= 0.3 is 0 Å². The van der Waals surface area contributed by atoms with E-state index in [1.165, 1.54) is 32.1 Å². The van der Waals surface area contributed by atoms with E-state index in [1.54, 1.807) is 0 Å². The fourth-order valence-electron chi connectivity index (χ4n) is 2.55. The van der Waals surface area contributed by atoms with Crippen molar-refractivity contribution in [2.45, 2.75) is 58.8 Å². The van der Waals surface area contributed by atoms with Crippen molar-refractivity contribution in [3.05, 3.63) is 0 Å². The Bertz CT molecular complexity index is 269. The van der Waals surface area contributed by atoms with Crippen LogP contribution in [0.1, 0.15) is 58.8 Å². The van der Waals surface area contributed by atoms with Crippen molar-refractivity contribution in [2.75, 3.05) is 33.4 Å². The zero-order valence-corrected chi connectivity index (χ0v) is 13.6. The van der Waals surface area contributed by atoms with Crippen LogP contribution < -0.4 is 10.6 Å². The summed E-state index contributed by atoms with van der Waals surface area (Å²) in [6, 6.07) is 0. The molecule has 1 saturated carbocycles. The molecular formula is C16H33N3O. The number of rotatable bonds is 10. The van der Waals surface area contributed by atoms with Gasteiger partial charge in [-0.1, -0.05) is 26.7 Å². The molecule has 2 N–H and O–H groups in total. The monoisotopic (exact) mass is 283 g/mol. The second kappa shape index (κ2) is 10.0. The van der Waals surface area contributed by atoms with E-state index in [0.29, 0.717) is 5.41 Å². The van der Waals surface area contributed by atoms with E-state index in [4.69, 9.17) is 4.74 Å². The lowest BCUT2D eigenvalue weighted by Crippen LogP contribution is -2.46. The smallest absolute Gasteiger partial charge is 0.190 e. The average Bonchev–Trinajstić information content (AvgIpc) is 2.43. The van der Waals surface area contributed by atoms with Crippen molar-refractivity contribution in [1.82, 2.24) is 10.6 Å². The van der Waals surface area contributed by atoms with Gasteiger partial charge in [0, 0.05) is 33.4 Å². The molecule has 1 aliphatic carbocycles. The van der Waals surface area contributed by atoms with Crippen molar-refractivity contribution < 1.29 is 4.74 Å². The van der Waals surface area contributed by atoms with Crippen molar-refractivity contribution in [3.63, 3.8) is 0 Å². The number of hydrogen-bond donors (Lipinski definition) is 2. The third-order valence-electron chi connectivity index (χ3n) is 4.42. The summed E-state index contributed by atoms with van der Waals surface area (Å²) in [5.74, 6) is 0.929. The largest absolute Gasteiger partial charge is 0.381 e. The molecule has 0 radical (unpaired) electrons. The molecular weight excluding hydrogens is 250 g/mol. The van der Waals surface area contributed by atoms with Crippen LogP contribution in [0.15, 0.2) is 4.99 Å². The lowest BCUT2D eigenvalue weighted by Gasteiger charge is -2.41. The van der Waals surface area contributed by atoms with Crippen molar-refractivity contribution in [1.29, 1.82) is 0 Å². The molecule has 1 rings (SSSR count). The molecule has 0 atom stereocenters. The Kier molecular flexibility index (Phi) is 8.67. The number of nitrogens with zero attached hydrogens (tertiary/aromatic N) is 1. The topological polar surface area (TPSA) is 45.6 Å². The first-order chi connectivity index (χ1) is 9.76. The van der Waals surface area contributed by atoms with Gasteiger partial charge in [-0.25, -0.2) is 0 Å². The number of guanidine groups is 1. The number of hydrogen-bond acceptors (Lipinski definition) is 2. The summed E-state index contributed by atoms with van der Waals surface area (Å²) in [4.78, 5) is 4.28. The van der Waals surface area contributed by atoms with Crippen molar-refractivity contribution in [3.8, 4) is 0 Å². The van der Waals surface area contributed by atoms with Crippen LogP contribution in [0.2, 0.25) is 0 Å². The van der Waals surface area contributed by atoms with Crippen LogP contribution in [0.5, 0.6) is 0 Å². The second-order valence-corrected chi connectivity index (χ2v) is 5.88. The molecule has 0 aromatic rings. The van der Waals surface area contributed by atoms with E-state index >= 15 is 0 Å². The van der Waals surface area contributed by atoms with Gasteiger partial charge in [-0.3, -0.25) is 4.99 Å². The number of nitrogens with one attached hydrogen (secondary N) is 2. The molecule has 118 valence electrons. The van der Waals surface area contributed by atoms with Crippen LogP contribution in [0.25, 0.3) is 0 Å². The number of aliphatic imine (C=N–C) groups is 1. The fourth-order valence-corrected chi connectivity index (χ4v) is 2.55. The summed E-state index contributed by atoms with van der Waals surface area (Å²) in [5.41, 5.74) is 0.529. The summed E-state index contributed by atoms with van der Waals surface area (Å²) in [6.07, 6.45) is 8.77. The lowest BCUT2D eigenvalue weighted by atomic mass is 9.67. The summed E-state index contributed by atoms with van der Waals surface area (Å²) >= 11 is 0. The highest BCUT2D eigenvalue weighted by Crippen LogP contribution is 2.42. The van der Waals surface area contributed by atoms with Crippen LogP contribution in [0.3, 0.4) is 0 Å². The zero-order chi connectivity index (χ0) is 14.7. The summed E-state index contributed by atoms with van der Waals surface area (Å²) < 4.78 is 5.55. The molecule has 1 fully saturated rings. The molecule has 20 heavy (non-hydrogen) atoms. The van der Waals surface area contributed by atoms with Crippen LogP contribution >= 0.6 is 0 Å². The van der Waals surface area contributed by atoms with Crippen LogP contribution in [-0.2, 0) is 4.74 Å². The molecule has 0 aromatic carbocycles. The molecule has 0 spiro atoms. The molecule has 0 unspecified atom stereocenters. The first-order valence-corrected chi connectivity index (χ1v) is 8.28. The highest BCUT2D eigenvalue weighted by atomic mass is 16.5. The fraction of sp³-hybridized carbons (Fsp3) is 0.938.